The van der Waals surface area contributed by atoms with Gasteiger partial charge < -0.3 is 10.2 Å². The molecule has 0 aliphatic heterocycles. The van der Waals surface area contributed by atoms with Crippen molar-refractivity contribution < 1.29 is 18.0 Å². The molecule has 0 unspecified atom stereocenters. The first-order valence-corrected chi connectivity index (χ1v) is 7.97. The lowest BCUT2D eigenvalue weighted by Crippen LogP contribution is -2.20. The van der Waals surface area contributed by atoms with Gasteiger partial charge in [0.05, 0.1) is 5.56 Å². The van der Waals surface area contributed by atoms with Crippen molar-refractivity contribution in [2.75, 3.05) is 23.8 Å². The van der Waals surface area contributed by atoms with Crippen molar-refractivity contribution in [3.05, 3.63) is 53.9 Å². The van der Waals surface area contributed by atoms with Gasteiger partial charge in [-0.2, -0.15) is 13.2 Å². The van der Waals surface area contributed by atoms with Gasteiger partial charge in [-0.25, -0.2) is 0 Å². The van der Waals surface area contributed by atoms with E-state index in [-0.39, 0.29) is 11.4 Å². The summed E-state index contributed by atoms with van der Waals surface area (Å²) in [6.07, 6.45) is -0.872. The molecule has 0 spiro atoms. The predicted molar refractivity (Wildman–Crippen MR) is 91.8 cm³/mol. The van der Waals surface area contributed by atoms with E-state index in [1.807, 2.05) is 11.9 Å². The van der Waals surface area contributed by atoms with Crippen LogP contribution in [0.3, 0.4) is 0 Å². The Bertz CT molecular complexity index is 732. The topological polar surface area (TPSA) is 45.2 Å². The molecule has 0 aliphatic carbocycles. The summed E-state index contributed by atoms with van der Waals surface area (Å²) in [5, 5.41) is 2.46. The van der Waals surface area contributed by atoms with E-state index in [2.05, 4.69) is 17.2 Å². The summed E-state index contributed by atoms with van der Waals surface area (Å²) in [5.41, 5.74) is 0.244. The number of nitrogens with zero attached hydrogens (tertiary/aromatic N) is 2. The Kier molecular flexibility index (Phi) is 6.01. The van der Waals surface area contributed by atoms with Gasteiger partial charge in [0.2, 0.25) is 0 Å². The number of benzene rings is 1. The number of pyridine rings is 1. The number of hydrogen-bond acceptors (Lipinski definition) is 3. The van der Waals surface area contributed by atoms with Crippen LogP contribution in [0.1, 0.15) is 35.8 Å². The number of nitrogens with one attached hydrogen (secondary N) is 1. The molecule has 2 aromatic rings. The first-order valence-electron chi connectivity index (χ1n) is 7.97. The minimum atomic E-state index is -4.46. The van der Waals surface area contributed by atoms with Gasteiger partial charge in [-0.05, 0) is 36.8 Å². The van der Waals surface area contributed by atoms with Crippen LogP contribution in [0.5, 0.6) is 0 Å². The maximum Gasteiger partial charge on any atom is 0.416 e. The van der Waals surface area contributed by atoms with Crippen LogP contribution in [0.4, 0.5) is 24.5 Å². The Morgan fingerprint density at radius 2 is 2.00 bits per heavy atom. The fraction of sp³-hybridized carbons (Fsp3) is 0.333. The van der Waals surface area contributed by atoms with E-state index < -0.39 is 17.6 Å². The molecule has 1 N–H and O–H groups in total. The van der Waals surface area contributed by atoms with E-state index in [0.717, 1.165) is 37.2 Å². The number of carbonyl (C=O) groups is 1. The molecular formula is C18H20F3N3O. The van der Waals surface area contributed by atoms with Gasteiger partial charge in [-0.3, -0.25) is 9.78 Å². The zero-order valence-corrected chi connectivity index (χ0v) is 14.1. The summed E-state index contributed by atoms with van der Waals surface area (Å²) < 4.78 is 38.2. The van der Waals surface area contributed by atoms with Gasteiger partial charge in [0.15, 0.2) is 0 Å². The number of halogens is 3. The summed E-state index contributed by atoms with van der Waals surface area (Å²) in [5.74, 6) is -0.551. The van der Waals surface area contributed by atoms with E-state index in [4.69, 9.17) is 0 Å². The van der Waals surface area contributed by atoms with E-state index in [9.17, 15) is 18.0 Å². The van der Waals surface area contributed by atoms with Crippen LogP contribution < -0.4 is 10.2 Å². The summed E-state index contributed by atoms with van der Waals surface area (Å²) in [4.78, 5) is 18.3. The first-order chi connectivity index (χ1) is 11.8. The highest BCUT2D eigenvalue weighted by atomic mass is 19.4. The number of unbranched alkanes of at least 4 members (excludes halogenated alkanes) is 1. The Morgan fingerprint density at radius 3 is 2.68 bits per heavy atom. The minimum Gasteiger partial charge on any atom is -0.374 e. The van der Waals surface area contributed by atoms with Gasteiger partial charge in [-0.1, -0.05) is 19.4 Å². The van der Waals surface area contributed by atoms with Crippen molar-refractivity contribution in [3.63, 3.8) is 0 Å². The summed E-state index contributed by atoms with van der Waals surface area (Å²) in [6, 6.07) is 7.92. The molecular weight excluding hydrogens is 331 g/mol. The average molecular weight is 351 g/mol. The number of hydrogen-bond donors (Lipinski definition) is 1. The molecule has 0 aliphatic rings. The van der Waals surface area contributed by atoms with Gasteiger partial charge in [0.1, 0.15) is 5.69 Å². The lowest BCUT2D eigenvalue weighted by Gasteiger charge is -2.19. The Labute approximate surface area is 144 Å². The molecule has 0 saturated heterocycles. The Balaban J connectivity index is 2.13. The predicted octanol–water partition coefficient (Wildman–Crippen LogP) is 4.59. The minimum absolute atomic E-state index is 0.0753. The van der Waals surface area contributed by atoms with Crippen LogP contribution in [-0.4, -0.2) is 24.5 Å². The zero-order chi connectivity index (χ0) is 18.4. The van der Waals surface area contributed by atoms with Gasteiger partial charge in [0.25, 0.3) is 5.91 Å². The van der Waals surface area contributed by atoms with Crippen LogP contribution in [0.25, 0.3) is 0 Å². The molecule has 0 radical (unpaired) electrons. The van der Waals surface area contributed by atoms with Crippen molar-refractivity contribution in [2.24, 2.45) is 0 Å². The number of aromatic nitrogens is 1. The third-order valence-electron chi connectivity index (χ3n) is 3.71. The van der Waals surface area contributed by atoms with Gasteiger partial charge in [0, 0.05) is 31.2 Å². The van der Waals surface area contributed by atoms with E-state index in [0.29, 0.717) is 0 Å². The van der Waals surface area contributed by atoms with Crippen molar-refractivity contribution in [3.8, 4) is 0 Å². The third-order valence-corrected chi connectivity index (χ3v) is 3.71. The lowest BCUT2D eigenvalue weighted by molar-refractivity contribution is -0.137. The molecule has 0 atom stereocenters. The van der Waals surface area contributed by atoms with Crippen LogP contribution in [0, 0.1) is 0 Å². The molecule has 25 heavy (non-hydrogen) atoms. The average Bonchev–Trinajstić information content (AvgIpc) is 2.59. The van der Waals surface area contributed by atoms with Crippen LogP contribution in [0.2, 0.25) is 0 Å². The van der Waals surface area contributed by atoms with E-state index in [1.54, 1.807) is 12.1 Å². The smallest absolute Gasteiger partial charge is 0.374 e. The van der Waals surface area contributed by atoms with Crippen molar-refractivity contribution in [1.82, 2.24) is 4.98 Å². The van der Waals surface area contributed by atoms with Crippen molar-refractivity contribution in [1.29, 1.82) is 0 Å². The summed E-state index contributed by atoms with van der Waals surface area (Å²) in [7, 11) is 1.92. The zero-order valence-electron chi connectivity index (χ0n) is 14.1. The highest BCUT2D eigenvalue weighted by molar-refractivity contribution is 6.03. The van der Waals surface area contributed by atoms with E-state index >= 15 is 0 Å². The van der Waals surface area contributed by atoms with Crippen molar-refractivity contribution >= 4 is 17.3 Å². The number of alkyl halides is 3. The molecule has 1 aromatic heterocycles. The SMILES string of the molecule is CCCCN(C)c1ccnc(C(=O)Nc2cccc(C(F)(F)F)c2)c1. The fourth-order valence-corrected chi connectivity index (χ4v) is 2.27. The molecule has 0 saturated carbocycles. The molecule has 1 amide bonds. The molecule has 2 rings (SSSR count). The summed E-state index contributed by atoms with van der Waals surface area (Å²) >= 11 is 0. The highest BCUT2D eigenvalue weighted by Gasteiger charge is 2.30. The Hall–Kier alpha value is -2.57. The molecule has 0 bridgehead atoms. The second kappa shape index (κ2) is 8.00. The lowest BCUT2D eigenvalue weighted by atomic mass is 10.2. The molecule has 0 fully saturated rings. The van der Waals surface area contributed by atoms with Crippen LogP contribution >= 0.6 is 0 Å². The fourth-order valence-electron chi connectivity index (χ4n) is 2.27. The molecule has 7 heteroatoms. The standard InChI is InChI=1S/C18H20F3N3O/c1-3-4-10-24(2)15-8-9-22-16(12-15)17(25)23-14-7-5-6-13(11-14)18(19,20)21/h5-9,11-12H,3-4,10H2,1-2H3,(H,23,25). The quantitative estimate of drug-likeness (QED) is 0.828. The van der Waals surface area contributed by atoms with E-state index in [1.165, 1.54) is 18.3 Å². The Morgan fingerprint density at radius 1 is 1.24 bits per heavy atom. The number of anilines is 2. The highest BCUT2D eigenvalue weighted by Crippen LogP contribution is 2.30. The monoisotopic (exact) mass is 351 g/mol. The number of rotatable bonds is 6. The first kappa shape index (κ1) is 18.8. The van der Waals surface area contributed by atoms with Gasteiger partial charge in [-0.15, -0.1) is 0 Å². The maximum atomic E-state index is 12.7. The third kappa shape index (κ3) is 5.20. The molecule has 134 valence electrons. The second-order valence-electron chi connectivity index (χ2n) is 5.71. The second-order valence-corrected chi connectivity index (χ2v) is 5.71. The molecule has 4 nitrogen and oxygen atoms in total. The summed E-state index contributed by atoms with van der Waals surface area (Å²) in [6.45, 7) is 2.93. The molecule has 1 aromatic carbocycles. The van der Waals surface area contributed by atoms with Crippen molar-refractivity contribution in [2.45, 2.75) is 25.9 Å². The largest absolute Gasteiger partial charge is 0.416 e. The van der Waals surface area contributed by atoms with Crippen LogP contribution in [0.15, 0.2) is 42.6 Å². The van der Waals surface area contributed by atoms with Crippen LogP contribution in [-0.2, 0) is 6.18 Å². The number of carbonyl (C=O) groups excluding carboxylic acids is 1. The van der Waals surface area contributed by atoms with Gasteiger partial charge >= 0.3 is 6.18 Å². The number of amides is 1. The maximum absolute atomic E-state index is 12.7. The normalized spacial score (nSPS) is 11.2. The molecule has 1 heterocycles.